The molecular weight excluding hydrogens is 374 g/mol. The summed E-state index contributed by atoms with van der Waals surface area (Å²) in [5.74, 6) is 1.70. The van der Waals surface area contributed by atoms with E-state index in [4.69, 9.17) is 16.3 Å². The highest BCUT2D eigenvalue weighted by atomic mass is 35.5. The van der Waals surface area contributed by atoms with Crippen molar-refractivity contribution >= 4 is 34.0 Å². The van der Waals surface area contributed by atoms with Crippen molar-refractivity contribution < 1.29 is 4.74 Å². The fourth-order valence-corrected chi connectivity index (χ4v) is 3.79. The number of ether oxygens (including phenoxy) is 1. The minimum Gasteiger partial charge on any atom is -0.378 e. The molecule has 4 rings (SSSR count). The molecule has 1 N–H and O–H groups in total. The van der Waals surface area contributed by atoms with Crippen molar-refractivity contribution in [3.8, 4) is 0 Å². The van der Waals surface area contributed by atoms with Crippen LogP contribution < -0.4 is 10.2 Å². The third-order valence-corrected chi connectivity index (χ3v) is 5.71. The van der Waals surface area contributed by atoms with E-state index in [1.54, 1.807) is 0 Å². The fourth-order valence-electron chi connectivity index (χ4n) is 3.61. The van der Waals surface area contributed by atoms with E-state index in [-0.39, 0.29) is 6.04 Å². The van der Waals surface area contributed by atoms with Gasteiger partial charge in [0.1, 0.15) is 5.82 Å². The lowest BCUT2D eigenvalue weighted by Gasteiger charge is -2.28. The highest BCUT2D eigenvalue weighted by molar-refractivity contribution is 6.31. The minimum absolute atomic E-state index is 0.0407. The Hall–Kier alpha value is -2.44. The molecule has 1 aromatic carbocycles. The molecule has 1 aliphatic rings. The first-order valence-corrected chi connectivity index (χ1v) is 9.89. The van der Waals surface area contributed by atoms with Gasteiger partial charge in [0.25, 0.3) is 0 Å². The van der Waals surface area contributed by atoms with Gasteiger partial charge in [0.2, 0.25) is 0 Å². The average molecular weight is 398 g/mol. The normalized spacial score (nSPS) is 15.6. The van der Waals surface area contributed by atoms with Gasteiger partial charge in [0.15, 0.2) is 5.82 Å². The summed E-state index contributed by atoms with van der Waals surface area (Å²) in [6.07, 6.45) is 1.89. The maximum Gasteiger partial charge on any atom is 0.157 e. The molecule has 0 radical (unpaired) electrons. The van der Waals surface area contributed by atoms with Crippen LogP contribution in [0, 0.1) is 13.8 Å². The van der Waals surface area contributed by atoms with Gasteiger partial charge in [0.05, 0.1) is 24.9 Å². The Kier molecular flexibility index (Phi) is 5.33. The van der Waals surface area contributed by atoms with Crippen LogP contribution in [-0.2, 0) is 4.74 Å². The van der Waals surface area contributed by atoms with Crippen molar-refractivity contribution in [3.05, 3.63) is 52.3 Å². The summed E-state index contributed by atoms with van der Waals surface area (Å²) in [5.41, 5.74) is 3.09. The Morgan fingerprint density at radius 3 is 2.71 bits per heavy atom. The monoisotopic (exact) mass is 397 g/mol. The molecule has 0 saturated carbocycles. The van der Waals surface area contributed by atoms with E-state index in [1.807, 2.05) is 32.2 Å². The number of fused-ring (bicyclic) bond motifs is 1. The maximum absolute atomic E-state index is 6.30. The zero-order valence-electron chi connectivity index (χ0n) is 16.4. The van der Waals surface area contributed by atoms with E-state index >= 15 is 0 Å². The van der Waals surface area contributed by atoms with Crippen LogP contribution in [0.4, 0.5) is 11.6 Å². The van der Waals surface area contributed by atoms with Gasteiger partial charge in [-0.1, -0.05) is 23.7 Å². The smallest absolute Gasteiger partial charge is 0.157 e. The van der Waals surface area contributed by atoms with Crippen LogP contribution in [0.1, 0.15) is 29.8 Å². The number of aromatic nitrogens is 3. The zero-order chi connectivity index (χ0) is 19.7. The molecule has 28 heavy (non-hydrogen) atoms. The van der Waals surface area contributed by atoms with Crippen LogP contribution in [-0.4, -0.2) is 41.5 Å². The van der Waals surface area contributed by atoms with Crippen LogP contribution in [0.25, 0.3) is 10.8 Å². The third-order valence-electron chi connectivity index (χ3n) is 5.30. The Balaban J connectivity index is 1.71. The number of morpholine rings is 1. The number of anilines is 2. The molecule has 0 aliphatic carbocycles. The highest BCUT2D eigenvalue weighted by Gasteiger charge is 2.17. The second kappa shape index (κ2) is 7.89. The van der Waals surface area contributed by atoms with E-state index in [1.165, 1.54) is 0 Å². The van der Waals surface area contributed by atoms with Crippen molar-refractivity contribution in [1.82, 2.24) is 15.2 Å². The van der Waals surface area contributed by atoms with Gasteiger partial charge >= 0.3 is 0 Å². The van der Waals surface area contributed by atoms with Crippen molar-refractivity contribution in [2.24, 2.45) is 0 Å². The summed E-state index contributed by atoms with van der Waals surface area (Å²) in [6.45, 7) is 9.24. The van der Waals surface area contributed by atoms with Gasteiger partial charge < -0.3 is 15.0 Å². The van der Waals surface area contributed by atoms with Gasteiger partial charge in [-0.05, 0) is 44.0 Å². The molecule has 1 fully saturated rings. The summed E-state index contributed by atoms with van der Waals surface area (Å²) in [7, 11) is 0. The summed E-state index contributed by atoms with van der Waals surface area (Å²) < 4.78 is 5.46. The summed E-state index contributed by atoms with van der Waals surface area (Å²) in [4.78, 5) is 6.90. The molecule has 0 bridgehead atoms. The van der Waals surface area contributed by atoms with Gasteiger partial charge in [-0.2, -0.15) is 5.10 Å². The molecule has 3 heterocycles. The summed E-state index contributed by atoms with van der Waals surface area (Å²) in [6, 6.07) is 8.11. The number of rotatable bonds is 4. The minimum atomic E-state index is 0.0407. The average Bonchev–Trinajstić information content (AvgIpc) is 2.72. The Bertz CT molecular complexity index is 1000. The molecule has 6 nitrogen and oxygen atoms in total. The lowest BCUT2D eigenvalue weighted by molar-refractivity contribution is 0.122. The van der Waals surface area contributed by atoms with Gasteiger partial charge in [0, 0.05) is 35.1 Å². The molecule has 1 atom stereocenters. The van der Waals surface area contributed by atoms with Crippen LogP contribution >= 0.6 is 11.6 Å². The highest BCUT2D eigenvalue weighted by Crippen LogP contribution is 2.31. The number of nitrogens with one attached hydrogen (secondary N) is 1. The van der Waals surface area contributed by atoms with Crippen LogP contribution in [0.2, 0.25) is 5.02 Å². The molecule has 1 aliphatic heterocycles. The van der Waals surface area contributed by atoms with Crippen molar-refractivity contribution in [1.29, 1.82) is 0 Å². The largest absolute Gasteiger partial charge is 0.378 e. The molecule has 0 spiro atoms. The van der Waals surface area contributed by atoms with E-state index in [2.05, 4.69) is 44.5 Å². The molecular formula is C21H24ClN5O. The third kappa shape index (κ3) is 3.62. The predicted molar refractivity (Wildman–Crippen MR) is 113 cm³/mol. The van der Waals surface area contributed by atoms with E-state index in [0.717, 1.165) is 70.6 Å². The Labute approximate surface area is 169 Å². The number of nitrogens with zero attached hydrogens (tertiary/aromatic N) is 4. The quantitative estimate of drug-likeness (QED) is 0.708. The lowest BCUT2D eigenvalue weighted by atomic mass is 10.0. The number of hydrogen-bond donors (Lipinski definition) is 1. The van der Waals surface area contributed by atoms with Crippen molar-refractivity contribution in [3.63, 3.8) is 0 Å². The van der Waals surface area contributed by atoms with Crippen LogP contribution in [0.5, 0.6) is 0 Å². The fraction of sp³-hybridized carbons (Fsp3) is 0.381. The molecule has 2 aromatic heterocycles. The first-order valence-electron chi connectivity index (χ1n) is 9.52. The molecule has 3 aromatic rings. The van der Waals surface area contributed by atoms with E-state index < -0.39 is 0 Å². The summed E-state index contributed by atoms with van der Waals surface area (Å²) in [5, 5.41) is 15.1. The molecule has 1 unspecified atom stereocenters. The number of benzene rings is 1. The first kappa shape index (κ1) is 18.9. The predicted octanol–water partition coefficient (Wildman–Crippen LogP) is 4.30. The Morgan fingerprint density at radius 2 is 1.93 bits per heavy atom. The maximum atomic E-state index is 6.30. The molecule has 146 valence electrons. The number of pyridine rings is 1. The second-order valence-corrected chi connectivity index (χ2v) is 7.55. The van der Waals surface area contributed by atoms with E-state index in [9.17, 15) is 0 Å². The van der Waals surface area contributed by atoms with Crippen molar-refractivity contribution in [2.45, 2.75) is 26.8 Å². The zero-order valence-corrected chi connectivity index (χ0v) is 17.1. The molecule has 1 saturated heterocycles. The number of halogens is 1. The number of aryl methyl sites for hydroxylation is 1. The topological polar surface area (TPSA) is 63.2 Å². The number of hydrogen-bond acceptors (Lipinski definition) is 6. The molecule has 0 amide bonds. The van der Waals surface area contributed by atoms with E-state index in [0.29, 0.717) is 0 Å². The first-order chi connectivity index (χ1) is 13.5. The lowest BCUT2D eigenvalue weighted by Crippen LogP contribution is -2.36. The summed E-state index contributed by atoms with van der Waals surface area (Å²) >= 11 is 6.30. The van der Waals surface area contributed by atoms with Crippen LogP contribution in [0.3, 0.4) is 0 Å². The van der Waals surface area contributed by atoms with Gasteiger partial charge in [-0.25, -0.2) is 4.98 Å². The van der Waals surface area contributed by atoms with Gasteiger partial charge in [-0.15, -0.1) is 5.10 Å². The molecule has 7 heteroatoms. The Morgan fingerprint density at radius 1 is 1.14 bits per heavy atom. The van der Waals surface area contributed by atoms with Gasteiger partial charge in [-0.3, -0.25) is 0 Å². The van der Waals surface area contributed by atoms with Crippen LogP contribution in [0.15, 0.2) is 30.5 Å². The second-order valence-electron chi connectivity index (χ2n) is 7.14. The standard InChI is InChI=1S/C21H24ClN5O/c1-13-16(5-4-6-19(13)22)14(2)24-21-17-11-20(27-7-9-28-10-8-27)23-12-18(17)15(3)25-26-21/h4-6,11-12,14H,7-10H2,1-3H3,(H,24,26). The SMILES string of the molecule is Cc1c(Cl)cccc1C(C)Nc1nnc(C)c2cnc(N3CCOCC3)cc12. The van der Waals surface area contributed by atoms with Crippen molar-refractivity contribution in [2.75, 3.05) is 36.5 Å².